The van der Waals surface area contributed by atoms with Crippen molar-refractivity contribution >= 4 is 0 Å². The topological polar surface area (TPSA) is 68.2 Å². The van der Waals surface area contributed by atoms with Crippen LogP contribution in [0.5, 0.6) is 0 Å². The van der Waals surface area contributed by atoms with Crippen LogP contribution in [0, 0.1) is 0 Å². The normalized spacial score (nSPS) is 19.0. The maximum atomic E-state index is 5.55. The molecule has 2 heterocycles. The van der Waals surface area contributed by atoms with Gasteiger partial charge in [-0.25, -0.2) is 4.63 Å². The third kappa shape index (κ3) is 2.76. The SMILES string of the molecule is NCc1nonc1CN1CCCCCC1. The number of hydrogen-bond donors (Lipinski definition) is 1. The minimum absolute atomic E-state index is 0.409. The van der Waals surface area contributed by atoms with Crippen LogP contribution in [-0.4, -0.2) is 28.3 Å². The minimum atomic E-state index is 0.409. The van der Waals surface area contributed by atoms with Crippen molar-refractivity contribution in [3.05, 3.63) is 11.4 Å². The van der Waals surface area contributed by atoms with Crippen LogP contribution in [0.4, 0.5) is 0 Å². The molecule has 84 valence electrons. The first kappa shape index (κ1) is 10.6. The van der Waals surface area contributed by atoms with E-state index >= 15 is 0 Å². The van der Waals surface area contributed by atoms with E-state index in [2.05, 4.69) is 15.2 Å². The lowest BCUT2D eigenvalue weighted by Crippen LogP contribution is -2.25. The van der Waals surface area contributed by atoms with Crippen LogP contribution in [0.25, 0.3) is 0 Å². The van der Waals surface area contributed by atoms with E-state index in [1.807, 2.05) is 0 Å². The molecular formula is C10H18N4O. The summed E-state index contributed by atoms with van der Waals surface area (Å²) < 4.78 is 4.70. The predicted octanol–water partition coefficient (Wildman–Crippen LogP) is 0.904. The summed E-state index contributed by atoms with van der Waals surface area (Å²) >= 11 is 0. The fourth-order valence-electron chi connectivity index (χ4n) is 2.01. The third-order valence-corrected chi connectivity index (χ3v) is 2.90. The van der Waals surface area contributed by atoms with E-state index in [9.17, 15) is 0 Å². The van der Waals surface area contributed by atoms with Gasteiger partial charge in [0, 0.05) is 13.1 Å². The van der Waals surface area contributed by atoms with Crippen molar-refractivity contribution < 1.29 is 4.63 Å². The Morgan fingerprint density at radius 1 is 1.07 bits per heavy atom. The summed E-state index contributed by atoms with van der Waals surface area (Å²) in [7, 11) is 0. The highest BCUT2D eigenvalue weighted by atomic mass is 16.6. The van der Waals surface area contributed by atoms with E-state index in [1.54, 1.807) is 0 Å². The van der Waals surface area contributed by atoms with Crippen molar-refractivity contribution in [2.75, 3.05) is 13.1 Å². The Morgan fingerprint density at radius 2 is 1.73 bits per heavy atom. The highest BCUT2D eigenvalue weighted by Crippen LogP contribution is 2.13. The Hall–Kier alpha value is -0.940. The molecule has 1 aliphatic rings. The van der Waals surface area contributed by atoms with Crippen LogP contribution in [-0.2, 0) is 13.1 Å². The van der Waals surface area contributed by atoms with Gasteiger partial charge in [-0.2, -0.15) is 0 Å². The molecular weight excluding hydrogens is 192 g/mol. The Kier molecular flexibility index (Phi) is 3.69. The Balaban J connectivity index is 1.94. The number of nitrogens with zero attached hydrogens (tertiary/aromatic N) is 3. The van der Waals surface area contributed by atoms with Crippen molar-refractivity contribution in [3.63, 3.8) is 0 Å². The molecule has 1 aliphatic heterocycles. The van der Waals surface area contributed by atoms with Crippen molar-refractivity contribution in [2.45, 2.75) is 38.8 Å². The van der Waals surface area contributed by atoms with Gasteiger partial charge in [-0.1, -0.05) is 23.2 Å². The summed E-state index contributed by atoms with van der Waals surface area (Å²) in [4.78, 5) is 2.41. The molecule has 0 unspecified atom stereocenters. The van der Waals surface area contributed by atoms with Gasteiger partial charge in [0.1, 0.15) is 11.4 Å². The summed E-state index contributed by atoms with van der Waals surface area (Å²) in [5.41, 5.74) is 7.24. The van der Waals surface area contributed by atoms with Gasteiger partial charge in [-0.15, -0.1) is 0 Å². The Labute approximate surface area is 89.6 Å². The fourth-order valence-corrected chi connectivity index (χ4v) is 2.01. The fraction of sp³-hybridized carbons (Fsp3) is 0.800. The summed E-state index contributed by atoms with van der Waals surface area (Å²) in [6.45, 7) is 3.54. The molecule has 1 aromatic rings. The van der Waals surface area contributed by atoms with Gasteiger partial charge in [0.15, 0.2) is 0 Å². The van der Waals surface area contributed by atoms with Crippen LogP contribution in [0.15, 0.2) is 4.63 Å². The van der Waals surface area contributed by atoms with Crippen molar-refractivity contribution in [2.24, 2.45) is 5.73 Å². The first-order valence-corrected chi connectivity index (χ1v) is 5.63. The van der Waals surface area contributed by atoms with Crippen LogP contribution in [0.2, 0.25) is 0 Å². The molecule has 2 rings (SSSR count). The molecule has 1 saturated heterocycles. The maximum absolute atomic E-state index is 5.55. The van der Waals surface area contributed by atoms with E-state index < -0.39 is 0 Å². The first-order valence-electron chi connectivity index (χ1n) is 5.63. The van der Waals surface area contributed by atoms with Gasteiger partial charge in [0.05, 0.1) is 0 Å². The number of hydrogen-bond acceptors (Lipinski definition) is 5. The van der Waals surface area contributed by atoms with Gasteiger partial charge in [-0.3, -0.25) is 4.90 Å². The largest absolute Gasteiger partial charge is 0.325 e. The van der Waals surface area contributed by atoms with E-state index in [4.69, 9.17) is 10.4 Å². The maximum Gasteiger partial charge on any atom is 0.123 e. The molecule has 0 radical (unpaired) electrons. The molecule has 1 aromatic heterocycles. The smallest absolute Gasteiger partial charge is 0.123 e. The molecule has 0 aliphatic carbocycles. The molecule has 0 saturated carbocycles. The zero-order valence-electron chi connectivity index (χ0n) is 8.98. The summed E-state index contributed by atoms with van der Waals surface area (Å²) in [5, 5.41) is 7.69. The molecule has 0 amide bonds. The average molecular weight is 210 g/mol. The average Bonchev–Trinajstić information content (AvgIpc) is 2.53. The van der Waals surface area contributed by atoms with Crippen molar-refractivity contribution in [1.82, 2.24) is 15.2 Å². The van der Waals surface area contributed by atoms with Gasteiger partial charge < -0.3 is 5.73 Å². The van der Waals surface area contributed by atoms with Crippen molar-refractivity contribution in [1.29, 1.82) is 0 Å². The minimum Gasteiger partial charge on any atom is -0.325 e. The van der Waals surface area contributed by atoms with E-state index in [0.717, 1.165) is 31.0 Å². The van der Waals surface area contributed by atoms with Crippen LogP contribution >= 0.6 is 0 Å². The second-order valence-electron chi connectivity index (χ2n) is 4.05. The van der Waals surface area contributed by atoms with Crippen LogP contribution < -0.4 is 5.73 Å². The molecule has 5 heteroatoms. The van der Waals surface area contributed by atoms with E-state index in [-0.39, 0.29) is 0 Å². The predicted molar refractivity (Wildman–Crippen MR) is 55.9 cm³/mol. The van der Waals surface area contributed by atoms with Gasteiger partial charge in [0.2, 0.25) is 0 Å². The second kappa shape index (κ2) is 5.23. The van der Waals surface area contributed by atoms with E-state index in [0.29, 0.717) is 6.54 Å². The van der Waals surface area contributed by atoms with E-state index in [1.165, 1.54) is 25.7 Å². The number of rotatable bonds is 3. The molecule has 2 N–H and O–H groups in total. The van der Waals surface area contributed by atoms with Crippen LogP contribution in [0.3, 0.4) is 0 Å². The monoisotopic (exact) mass is 210 g/mol. The summed E-state index contributed by atoms with van der Waals surface area (Å²) in [6, 6.07) is 0. The van der Waals surface area contributed by atoms with Gasteiger partial charge in [-0.05, 0) is 25.9 Å². The summed E-state index contributed by atoms with van der Waals surface area (Å²) in [6.07, 6.45) is 5.25. The molecule has 0 bridgehead atoms. The van der Waals surface area contributed by atoms with Gasteiger partial charge >= 0.3 is 0 Å². The quantitative estimate of drug-likeness (QED) is 0.803. The third-order valence-electron chi connectivity index (χ3n) is 2.90. The Morgan fingerprint density at radius 3 is 2.40 bits per heavy atom. The molecule has 0 atom stereocenters. The van der Waals surface area contributed by atoms with Crippen LogP contribution in [0.1, 0.15) is 37.1 Å². The lowest BCUT2D eigenvalue weighted by molar-refractivity contribution is 0.257. The zero-order chi connectivity index (χ0) is 10.5. The van der Waals surface area contributed by atoms with Crippen molar-refractivity contribution in [3.8, 4) is 0 Å². The molecule has 5 nitrogen and oxygen atoms in total. The number of aromatic nitrogens is 2. The lowest BCUT2D eigenvalue weighted by atomic mass is 10.2. The highest BCUT2D eigenvalue weighted by molar-refractivity contribution is 5.06. The highest BCUT2D eigenvalue weighted by Gasteiger charge is 2.14. The standard InChI is InChI=1S/C10H18N4O/c11-7-9-10(13-15-12-9)8-14-5-3-1-2-4-6-14/h1-8,11H2. The molecule has 1 fully saturated rings. The zero-order valence-corrected chi connectivity index (χ0v) is 8.98. The number of likely N-dealkylation sites (tertiary alicyclic amines) is 1. The lowest BCUT2D eigenvalue weighted by Gasteiger charge is -2.17. The Bertz CT molecular complexity index is 291. The number of nitrogens with two attached hydrogens (primary N) is 1. The molecule has 0 aromatic carbocycles. The first-order chi connectivity index (χ1) is 7.40. The summed E-state index contributed by atoms with van der Waals surface area (Å²) in [5.74, 6) is 0. The molecule has 0 spiro atoms. The second-order valence-corrected chi connectivity index (χ2v) is 4.05. The molecule has 15 heavy (non-hydrogen) atoms. The van der Waals surface area contributed by atoms with Gasteiger partial charge in [0.25, 0.3) is 0 Å².